The highest BCUT2D eigenvalue weighted by Gasteiger charge is 2.39. The fourth-order valence-electron chi connectivity index (χ4n) is 3.95. The van der Waals surface area contributed by atoms with Crippen molar-refractivity contribution in [1.82, 2.24) is 0 Å². The van der Waals surface area contributed by atoms with Gasteiger partial charge in [-0.2, -0.15) is 5.26 Å². The molecule has 0 bridgehead atoms. The number of allylic oxidation sites excluding steroid dienone is 8. The van der Waals surface area contributed by atoms with Crippen molar-refractivity contribution in [3.63, 3.8) is 0 Å². The van der Waals surface area contributed by atoms with Crippen molar-refractivity contribution < 1.29 is 0 Å². The summed E-state index contributed by atoms with van der Waals surface area (Å²) in [5.74, 6) is -1.22. The van der Waals surface area contributed by atoms with Gasteiger partial charge in [0.25, 0.3) is 11.4 Å². The molecule has 7 heteroatoms. The fourth-order valence-corrected chi connectivity index (χ4v) is 3.95. The van der Waals surface area contributed by atoms with Gasteiger partial charge in [0, 0.05) is 11.8 Å². The fraction of sp³-hybridized carbons (Fsp3) is 0.125. The summed E-state index contributed by atoms with van der Waals surface area (Å²) in [7, 11) is 0. The lowest BCUT2D eigenvalue weighted by molar-refractivity contribution is 0.676. The zero-order valence-corrected chi connectivity index (χ0v) is 16.1. The summed E-state index contributed by atoms with van der Waals surface area (Å²) >= 11 is 0. The van der Waals surface area contributed by atoms with E-state index >= 15 is 0 Å². The summed E-state index contributed by atoms with van der Waals surface area (Å²) in [6.07, 6.45) is 3.39. The summed E-state index contributed by atoms with van der Waals surface area (Å²) in [6.45, 7) is 31.5. The van der Waals surface area contributed by atoms with Gasteiger partial charge >= 0.3 is 0 Å². The summed E-state index contributed by atoms with van der Waals surface area (Å²) in [4.78, 5) is 13.5. The Morgan fingerprint density at radius 3 is 1.61 bits per heavy atom. The number of fused-ring (bicyclic) bond motifs is 2. The van der Waals surface area contributed by atoms with E-state index in [1.807, 2.05) is 12.1 Å². The molecular weight excluding hydrogens is 386 g/mol. The maximum Gasteiger partial charge on any atom is 0.266 e. The lowest BCUT2D eigenvalue weighted by atomic mass is 9.65. The first kappa shape index (κ1) is 20.3. The summed E-state index contributed by atoms with van der Waals surface area (Å²) < 4.78 is 0. The van der Waals surface area contributed by atoms with Crippen molar-refractivity contribution in [1.29, 1.82) is 15.8 Å². The van der Waals surface area contributed by atoms with Crippen molar-refractivity contribution in [2.24, 2.45) is 11.8 Å². The third-order valence-electron chi connectivity index (χ3n) is 5.26. The highest BCUT2D eigenvalue weighted by molar-refractivity contribution is 5.97. The molecule has 0 spiro atoms. The van der Waals surface area contributed by atoms with Gasteiger partial charge in [-0.25, -0.2) is 20.2 Å². The first-order chi connectivity index (χ1) is 15.0. The molecule has 140 valence electrons. The van der Waals surface area contributed by atoms with E-state index in [1.165, 1.54) is 12.1 Å². The van der Waals surface area contributed by atoms with Crippen LogP contribution in [0.15, 0.2) is 46.8 Å². The Hall–Kier alpha value is -5.39. The van der Waals surface area contributed by atoms with Crippen molar-refractivity contribution in [2.75, 3.05) is 0 Å². The quantitative estimate of drug-likeness (QED) is 0.414. The van der Waals surface area contributed by atoms with E-state index in [2.05, 4.69) is 25.4 Å². The van der Waals surface area contributed by atoms with Crippen LogP contribution in [0.3, 0.4) is 0 Å². The third-order valence-corrected chi connectivity index (χ3v) is 5.26. The van der Waals surface area contributed by atoms with Gasteiger partial charge in [-0.3, -0.25) is 9.69 Å². The molecule has 1 aromatic rings. The van der Waals surface area contributed by atoms with E-state index in [4.69, 9.17) is 26.3 Å². The first-order valence-corrected chi connectivity index (χ1v) is 8.77. The first-order valence-electron chi connectivity index (χ1n) is 8.77. The maximum atomic E-state index is 9.62. The van der Waals surface area contributed by atoms with Crippen molar-refractivity contribution >= 4 is 22.5 Å². The number of nitrogens with zero attached hydrogens (tertiary/aromatic N) is 7. The average molecular weight is 395 g/mol. The van der Waals surface area contributed by atoms with Crippen LogP contribution in [0.2, 0.25) is 0 Å². The number of benzene rings is 1. The normalized spacial score (nSPS) is 21.4. The predicted octanol–water partition coefficient (Wildman–Crippen LogP) is 5.75. The van der Waals surface area contributed by atoms with Gasteiger partial charge < -0.3 is 0 Å². The standard InChI is InChI=1S/C24H9N7/c1-13-6-15-16(7-14(13)10-25)24(22(12-27)31-5)18-9-20(29-3)19(28-2)8-17(18)23(15)21(11-26)30-4/h6-9,15-16H,1H3/b23-21-,24-22-. The molecule has 0 aliphatic heterocycles. The molecule has 0 aromatic heterocycles. The van der Waals surface area contributed by atoms with Crippen LogP contribution in [0.5, 0.6) is 0 Å². The van der Waals surface area contributed by atoms with Crippen molar-refractivity contribution in [3.05, 3.63) is 104 Å². The van der Waals surface area contributed by atoms with E-state index in [-0.39, 0.29) is 22.8 Å². The second-order valence-corrected chi connectivity index (χ2v) is 6.68. The Bertz CT molecular complexity index is 1430. The topological polar surface area (TPSA) is 88.8 Å². The highest BCUT2D eigenvalue weighted by atomic mass is 14.8. The van der Waals surface area contributed by atoms with Crippen LogP contribution in [0.4, 0.5) is 11.4 Å². The van der Waals surface area contributed by atoms with E-state index in [0.717, 1.165) is 0 Å². The molecule has 7 nitrogen and oxygen atoms in total. The molecule has 31 heavy (non-hydrogen) atoms. The Kier molecular flexibility index (Phi) is 5.20. The van der Waals surface area contributed by atoms with Gasteiger partial charge in [-0.1, -0.05) is 24.3 Å². The highest BCUT2D eigenvalue weighted by Crippen LogP contribution is 2.54. The van der Waals surface area contributed by atoms with Gasteiger partial charge in [0.1, 0.15) is 0 Å². The molecule has 2 unspecified atom stereocenters. The monoisotopic (exact) mass is 395 g/mol. The summed E-state index contributed by atoms with van der Waals surface area (Å²) in [5, 5.41) is 28.8. The molecule has 0 radical (unpaired) electrons. The van der Waals surface area contributed by atoms with Gasteiger partial charge in [0.2, 0.25) is 0 Å². The zero-order chi connectivity index (χ0) is 22.7. The zero-order valence-electron chi connectivity index (χ0n) is 16.1. The van der Waals surface area contributed by atoms with Crippen LogP contribution < -0.4 is 0 Å². The smallest absolute Gasteiger partial charge is 0.250 e. The molecular formula is C24H9N7. The molecule has 0 saturated carbocycles. The molecule has 0 N–H and O–H groups in total. The maximum absolute atomic E-state index is 9.62. The molecule has 1 aromatic carbocycles. The largest absolute Gasteiger partial charge is 0.266 e. The minimum atomic E-state index is -0.646. The second kappa shape index (κ2) is 7.92. The van der Waals surface area contributed by atoms with Gasteiger partial charge in [0.15, 0.2) is 11.4 Å². The Labute approximate surface area is 179 Å². The number of nitriles is 3. The number of rotatable bonds is 0. The minimum Gasteiger partial charge on any atom is -0.250 e. The lowest BCUT2D eigenvalue weighted by Crippen LogP contribution is -2.25. The van der Waals surface area contributed by atoms with E-state index < -0.39 is 11.8 Å². The Morgan fingerprint density at radius 2 is 1.26 bits per heavy atom. The molecule has 0 amide bonds. The molecule has 0 saturated heterocycles. The van der Waals surface area contributed by atoms with E-state index in [1.54, 1.807) is 19.1 Å². The molecule has 2 atom stereocenters. The lowest BCUT2D eigenvalue weighted by Gasteiger charge is -2.38. The molecule has 0 heterocycles. The van der Waals surface area contributed by atoms with Crippen LogP contribution >= 0.6 is 0 Å². The van der Waals surface area contributed by atoms with E-state index in [0.29, 0.717) is 33.4 Å². The second-order valence-electron chi connectivity index (χ2n) is 6.68. The number of hydrogen-bond acceptors (Lipinski definition) is 3. The molecule has 2 aliphatic carbocycles. The molecule has 3 rings (SSSR count). The number of hydrogen-bond donors (Lipinski definition) is 0. The predicted molar refractivity (Wildman–Crippen MR) is 112 cm³/mol. The van der Waals surface area contributed by atoms with E-state index in [9.17, 15) is 15.8 Å². The van der Waals surface area contributed by atoms with Crippen LogP contribution in [0.25, 0.3) is 30.5 Å². The van der Waals surface area contributed by atoms with Gasteiger partial charge in [-0.05, 0) is 34.8 Å². The third kappa shape index (κ3) is 3.01. The van der Waals surface area contributed by atoms with Crippen LogP contribution in [-0.2, 0) is 0 Å². The van der Waals surface area contributed by atoms with Crippen LogP contribution in [0, 0.1) is 72.1 Å². The summed E-state index contributed by atoms with van der Waals surface area (Å²) in [6, 6.07) is 8.76. The minimum absolute atomic E-state index is 0.0414. The van der Waals surface area contributed by atoms with Crippen LogP contribution in [0.1, 0.15) is 18.1 Å². The van der Waals surface area contributed by atoms with Crippen molar-refractivity contribution in [3.8, 4) is 18.2 Å². The Morgan fingerprint density at radius 1 is 0.806 bits per heavy atom. The molecule has 2 aliphatic rings. The van der Waals surface area contributed by atoms with Gasteiger partial charge in [-0.15, -0.1) is 0 Å². The molecule has 0 fully saturated rings. The summed E-state index contributed by atoms with van der Waals surface area (Å²) in [5.41, 5.74) is 2.13. The van der Waals surface area contributed by atoms with Crippen LogP contribution in [-0.4, -0.2) is 0 Å². The average Bonchev–Trinajstić information content (AvgIpc) is 2.80. The van der Waals surface area contributed by atoms with Gasteiger partial charge in [0.05, 0.1) is 50.1 Å². The van der Waals surface area contributed by atoms with Crippen molar-refractivity contribution in [2.45, 2.75) is 6.92 Å². The SMILES string of the molecule is [C-]#[N+]/C(C#N)=C1\c2cc([N+]#[C-])c([N+]#[C-])cc2/C(=C(/C#N)[N+]#[C-])C2C=C(C#N)C(C)=CC12. The Balaban J connectivity index is 2.62.